The number of carbonyl (C=O) groups excluding carboxylic acids is 1. The van der Waals surface area contributed by atoms with Gasteiger partial charge in [-0.2, -0.15) is 4.98 Å². The van der Waals surface area contributed by atoms with Gasteiger partial charge in [-0.15, -0.1) is 0 Å². The molecule has 2 fully saturated rings. The summed E-state index contributed by atoms with van der Waals surface area (Å²) in [5.41, 5.74) is 1.58. The number of amides is 1. The van der Waals surface area contributed by atoms with E-state index in [2.05, 4.69) is 15.5 Å². The first kappa shape index (κ1) is 20.0. The van der Waals surface area contributed by atoms with Crippen molar-refractivity contribution in [1.29, 1.82) is 0 Å². The standard InChI is InChI=1S/C20H26N4O4S/c1-13-4-6-15(7-5-13)8-18(25)22-17-9-16-11-24(29(3,26)27)12-20(16,10-17)19-21-14(2)23-28-19/h4-7,16-17H,8-12H2,1-3H3,(H,22,25)/t16-,17+,20-/m0/s1. The van der Waals surface area contributed by atoms with E-state index >= 15 is 0 Å². The van der Waals surface area contributed by atoms with Crippen molar-refractivity contribution in [1.82, 2.24) is 19.8 Å². The van der Waals surface area contributed by atoms with Crippen LogP contribution in [-0.4, -0.2) is 54.2 Å². The lowest BCUT2D eigenvalue weighted by molar-refractivity contribution is -0.121. The molecule has 1 saturated heterocycles. The molecule has 0 unspecified atom stereocenters. The molecule has 1 aliphatic carbocycles. The Morgan fingerprint density at radius 2 is 2.03 bits per heavy atom. The lowest BCUT2D eigenvalue weighted by atomic mass is 9.80. The van der Waals surface area contributed by atoms with Crippen LogP contribution in [0.5, 0.6) is 0 Å². The van der Waals surface area contributed by atoms with Crippen LogP contribution in [0.1, 0.15) is 35.7 Å². The molecule has 0 radical (unpaired) electrons. The quantitative estimate of drug-likeness (QED) is 0.786. The number of fused-ring (bicyclic) bond motifs is 1. The number of hydrogen-bond donors (Lipinski definition) is 1. The normalized spacial score (nSPS) is 27.1. The van der Waals surface area contributed by atoms with Crippen molar-refractivity contribution in [3.63, 3.8) is 0 Å². The van der Waals surface area contributed by atoms with Crippen molar-refractivity contribution >= 4 is 15.9 Å². The van der Waals surface area contributed by atoms with E-state index < -0.39 is 15.4 Å². The van der Waals surface area contributed by atoms with Crippen LogP contribution < -0.4 is 5.32 Å². The first-order valence-corrected chi connectivity index (χ1v) is 11.6. The summed E-state index contributed by atoms with van der Waals surface area (Å²) < 4.78 is 31.2. The topological polar surface area (TPSA) is 105 Å². The molecule has 1 saturated carbocycles. The maximum Gasteiger partial charge on any atom is 0.234 e. The minimum Gasteiger partial charge on any atom is -0.353 e. The number of hydrogen-bond acceptors (Lipinski definition) is 6. The van der Waals surface area contributed by atoms with Gasteiger partial charge >= 0.3 is 0 Å². The molecule has 0 spiro atoms. The van der Waals surface area contributed by atoms with Crippen molar-refractivity contribution < 1.29 is 17.7 Å². The van der Waals surface area contributed by atoms with Crippen molar-refractivity contribution in [2.75, 3.05) is 19.3 Å². The Balaban J connectivity index is 1.50. The fourth-order valence-electron chi connectivity index (χ4n) is 4.69. The molecule has 3 atom stereocenters. The molecule has 0 bridgehead atoms. The third-order valence-electron chi connectivity index (χ3n) is 6.12. The van der Waals surface area contributed by atoms with Crippen LogP contribution in [0.2, 0.25) is 0 Å². The Hall–Kier alpha value is -2.26. The Morgan fingerprint density at radius 1 is 1.31 bits per heavy atom. The van der Waals surface area contributed by atoms with Gasteiger partial charge in [0.2, 0.25) is 21.8 Å². The van der Waals surface area contributed by atoms with Gasteiger partial charge in [0, 0.05) is 19.1 Å². The van der Waals surface area contributed by atoms with E-state index in [1.54, 1.807) is 6.92 Å². The van der Waals surface area contributed by atoms with Gasteiger partial charge in [-0.25, -0.2) is 12.7 Å². The number of nitrogens with one attached hydrogen (secondary N) is 1. The van der Waals surface area contributed by atoms with Crippen molar-refractivity contribution in [3.8, 4) is 0 Å². The van der Waals surface area contributed by atoms with Gasteiger partial charge in [0.25, 0.3) is 0 Å². The van der Waals surface area contributed by atoms with E-state index in [0.29, 0.717) is 44.1 Å². The summed E-state index contributed by atoms with van der Waals surface area (Å²) in [5.74, 6) is 0.997. The number of aryl methyl sites for hydroxylation is 2. The fraction of sp³-hybridized carbons (Fsp3) is 0.550. The van der Waals surface area contributed by atoms with Gasteiger partial charge in [-0.05, 0) is 38.2 Å². The molecule has 2 heterocycles. The molecule has 29 heavy (non-hydrogen) atoms. The summed E-state index contributed by atoms with van der Waals surface area (Å²) in [4.78, 5) is 17.0. The fourth-order valence-corrected chi connectivity index (χ4v) is 5.60. The summed E-state index contributed by atoms with van der Waals surface area (Å²) in [6.45, 7) is 4.48. The first-order valence-electron chi connectivity index (χ1n) is 9.76. The number of rotatable bonds is 5. The van der Waals surface area contributed by atoms with Gasteiger partial charge in [0.15, 0.2) is 5.82 Å². The minimum atomic E-state index is -3.31. The van der Waals surface area contributed by atoms with Gasteiger partial charge < -0.3 is 9.84 Å². The first-order chi connectivity index (χ1) is 13.7. The molecule has 1 N–H and O–H groups in total. The summed E-state index contributed by atoms with van der Waals surface area (Å²) in [6, 6.07) is 7.87. The summed E-state index contributed by atoms with van der Waals surface area (Å²) in [6.07, 6.45) is 2.82. The average Bonchev–Trinajstić information content (AvgIpc) is 3.29. The predicted octanol–water partition coefficient (Wildman–Crippen LogP) is 1.34. The van der Waals surface area contributed by atoms with E-state index in [-0.39, 0.29) is 17.9 Å². The smallest absolute Gasteiger partial charge is 0.234 e. The van der Waals surface area contributed by atoms with Crippen LogP contribution in [0.3, 0.4) is 0 Å². The molecule has 2 aliphatic rings. The largest absolute Gasteiger partial charge is 0.353 e. The zero-order valence-corrected chi connectivity index (χ0v) is 17.7. The van der Waals surface area contributed by atoms with E-state index in [1.165, 1.54) is 10.6 Å². The number of sulfonamides is 1. The lowest BCUT2D eigenvalue weighted by Crippen LogP contribution is -2.39. The van der Waals surface area contributed by atoms with E-state index in [1.807, 2.05) is 31.2 Å². The third kappa shape index (κ3) is 3.93. The number of carbonyl (C=O) groups is 1. The molecule has 156 valence electrons. The molecule has 2 aromatic rings. The second kappa shape index (κ2) is 7.21. The highest BCUT2D eigenvalue weighted by Crippen LogP contribution is 2.50. The van der Waals surface area contributed by atoms with Gasteiger partial charge in [-0.3, -0.25) is 4.79 Å². The zero-order valence-electron chi connectivity index (χ0n) is 16.9. The molecule has 4 rings (SSSR count). The Morgan fingerprint density at radius 3 is 2.66 bits per heavy atom. The number of benzene rings is 1. The summed E-state index contributed by atoms with van der Waals surface area (Å²) in [7, 11) is -3.31. The monoisotopic (exact) mass is 418 g/mol. The molecule has 8 nitrogen and oxygen atoms in total. The molecule has 1 aromatic heterocycles. The van der Waals surface area contributed by atoms with Crippen LogP contribution in [0, 0.1) is 19.8 Å². The summed E-state index contributed by atoms with van der Waals surface area (Å²) in [5, 5.41) is 7.04. The third-order valence-corrected chi connectivity index (χ3v) is 7.33. The van der Waals surface area contributed by atoms with E-state index in [9.17, 15) is 13.2 Å². The SMILES string of the molecule is Cc1ccc(CC(=O)N[C@@H]2C[C@H]3CN(S(C)(=O)=O)C[C@@]3(c3nc(C)no3)C2)cc1. The van der Waals surface area contributed by atoms with Crippen LogP contribution in [-0.2, 0) is 26.7 Å². The maximum absolute atomic E-state index is 12.6. The van der Waals surface area contributed by atoms with Crippen LogP contribution >= 0.6 is 0 Å². The van der Waals surface area contributed by atoms with Gasteiger partial charge in [0.1, 0.15) is 0 Å². The molecule has 1 aromatic carbocycles. The molecule has 1 aliphatic heterocycles. The zero-order chi connectivity index (χ0) is 20.8. The highest BCUT2D eigenvalue weighted by Gasteiger charge is 2.58. The molecular formula is C20H26N4O4S. The number of aromatic nitrogens is 2. The van der Waals surface area contributed by atoms with E-state index in [0.717, 1.165) is 11.1 Å². The van der Waals surface area contributed by atoms with Crippen molar-refractivity contribution in [3.05, 3.63) is 47.1 Å². The van der Waals surface area contributed by atoms with Gasteiger partial charge in [-0.1, -0.05) is 35.0 Å². The van der Waals surface area contributed by atoms with Gasteiger partial charge in [0.05, 0.1) is 18.1 Å². The summed E-state index contributed by atoms with van der Waals surface area (Å²) >= 11 is 0. The number of nitrogens with zero attached hydrogens (tertiary/aromatic N) is 3. The highest BCUT2D eigenvalue weighted by molar-refractivity contribution is 7.88. The predicted molar refractivity (Wildman–Crippen MR) is 107 cm³/mol. The Kier molecular flexibility index (Phi) is 4.98. The van der Waals surface area contributed by atoms with Crippen molar-refractivity contribution in [2.24, 2.45) is 5.92 Å². The van der Waals surface area contributed by atoms with Crippen LogP contribution in [0.15, 0.2) is 28.8 Å². The van der Waals surface area contributed by atoms with Crippen LogP contribution in [0.4, 0.5) is 0 Å². The Labute approximate surface area is 170 Å². The molecule has 9 heteroatoms. The Bertz CT molecular complexity index is 1020. The lowest BCUT2D eigenvalue weighted by Gasteiger charge is -2.24. The van der Waals surface area contributed by atoms with E-state index in [4.69, 9.17) is 4.52 Å². The second-order valence-electron chi connectivity index (χ2n) is 8.42. The highest BCUT2D eigenvalue weighted by atomic mass is 32.2. The maximum atomic E-state index is 12.6. The average molecular weight is 419 g/mol. The van der Waals surface area contributed by atoms with Crippen LogP contribution in [0.25, 0.3) is 0 Å². The molecule has 1 amide bonds. The second-order valence-corrected chi connectivity index (χ2v) is 10.4. The minimum absolute atomic E-state index is 0.0294. The van der Waals surface area contributed by atoms with Crippen molar-refractivity contribution in [2.45, 2.75) is 44.6 Å². The molecular weight excluding hydrogens is 392 g/mol.